The normalized spacial score (nSPS) is 11.9. The molecule has 0 saturated carbocycles. The van der Waals surface area contributed by atoms with E-state index >= 15 is 0 Å². The molecule has 0 radical (unpaired) electrons. The van der Waals surface area contributed by atoms with Crippen LogP contribution < -0.4 is 5.32 Å². The van der Waals surface area contributed by atoms with Crippen molar-refractivity contribution in [3.05, 3.63) is 35.7 Å². The first kappa shape index (κ1) is 15.6. The Labute approximate surface area is 122 Å². The molecule has 21 heavy (non-hydrogen) atoms. The minimum atomic E-state index is -0.709. The number of hydrogen-bond donors (Lipinski definition) is 1. The topological polar surface area (TPSA) is 51.0 Å². The van der Waals surface area contributed by atoms with E-state index in [2.05, 4.69) is 36.3 Å². The molecule has 0 aliphatic heterocycles. The van der Waals surface area contributed by atoms with Gasteiger partial charge in [-0.3, -0.25) is 0 Å². The van der Waals surface area contributed by atoms with Crippen molar-refractivity contribution in [2.45, 2.75) is 39.2 Å². The molecule has 0 saturated heterocycles. The van der Waals surface area contributed by atoms with Gasteiger partial charge >= 0.3 is 0 Å². The van der Waals surface area contributed by atoms with E-state index in [0.717, 1.165) is 25.1 Å². The summed E-state index contributed by atoms with van der Waals surface area (Å²) in [6.45, 7) is 7.05. The lowest BCUT2D eigenvalue weighted by Crippen LogP contribution is -2.36. The van der Waals surface area contributed by atoms with Gasteiger partial charge in [-0.05, 0) is 45.9 Å². The highest BCUT2D eigenvalue weighted by molar-refractivity contribution is 5.54. The molecule has 0 atom stereocenters. The van der Waals surface area contributed by atoms with Crippen LogP contribution in [-0.2, 0) is 6.42 Å². The molecule has 1 aromatic carbocycles. The third-order valence-electron chi connectivity index (χ3n) is 2.87. The number of rotatable bonds is 5. The first-order valence-corrected chi connectivity index (χ1v) is 6.88. The largest absolute Gasteiger partial charge is 0.420 e. The van der Waals surface area contributed by atoms with Crippen LogP contribution in [0.4, 0.5) is 8.78 Å². The molecule has 6 heteroatoms. The van der Waals surface area contributed by atoms with E-state index in [0.29, 0.717) is 12.3 Å². The fourth-order valence-electron chi connectivity index (χ4n) is 1.86. The van der Waals surface area contributed by atoms with Gasteiger partial charge in [0.05, 0.1) is 0 Å². The summed E-state index contributed by atoms with van der Waals surface area (Å²) in [5.74, 6) is -1.16. The second-order valence-electron chi connectivity index (χ2n) is 5.88. The molecule has 0 bridgehead atoms. The molecule has 1 heterocycles. The Morgan fingerprint density at radius 1 is 1.14 bits per heavy atom. The summed E-state index contributed by atoms with van der Waals surface area (Å²) in [6.07, 6.45) is 1.37. The molecule has 0 aliphatic rings. The molecule has 1 aromatic heterocycles. The highest BCUT2D eigenvalue weighted by Crippen LogP contribution is 2.24. The Balaban J connectivity index is 1.99. The van der Waals surface area contributed by atoms with Gasteiger partial charge in [0, 0.05) is 12.0 Å². The van der Waals surface area contributed by atoms with E-state index in [4.69, 9.17) is 4.42 Å². The summed E-state index contributed by atoms with van der Waals surface area (Å²) >= 11 is 0. The lowest BCUT2D eigenvalue weighted by atomic mass is 10.1. The number of hydrogen-bond acceptors (Lipinski definition) is 4. The second-order valence-corrected chi connectivity index (χ2v) is 5.88. The van der Waals surface area contributed by atoms with Crippen molar-refractivity contribution in [3.8, 4) is 11.5 Å². The highest BCUT2D eigenvalue weighted by atomic mass is 19.1. The van der Waals surface area contributed by atoms with Crippen molar-refractivity contribution in [3.63, 3.8) is 0 Å². The quantitative estimate of drug-likeness (QED) is 0.860. The number of halogens is 2. The van der Waals surface area contributed by atoms with Crippen molar-refractivity contribution in [1.82, 2.24) is 15.5 Å². The molecule has 2 aromatic rings. The lowest BCUT2D eigenvalue weighted by molar-refractivity contribution is 0.412. The van der Waals surface area contributed by atoms with Gasteiger partial charge in [-0.25, -0.2) is 8.78 Å². The number of aromatic nitrogens is 2. The second kappa shape index (κ2) is 6.30. The molecule has 2 rings (SSSR count). The van der Waals surface area contributed by atoms with Gasteiger partial charge in [0.1, 0.15) is 17.2 Å². The first-order valence-electron chi connectivity index (χ1n) is 6.88. The van der Waals surface area contributed by atoms with Crippen LogP contribution in [0.25, 0.3) is 11.5 Å². The summed E-state index contributed by atoms with van der Waals surface area (Å²) in [7, 11) is 0. The smallest absolute Gasteiger partial charge is 0.253 e. The third-order valence-corrected chi connectivity index (χ3v) is 2.87. The van der Waals surface area contributed by atoms with Crippen LogP contribution in [0.1, 0.15) is 33.1 Å². The van der Waals surface area contributed by atoms with Gasteiger partial charge in [0.25, 0.3) is 5.89 Å². The zero-order valence-electron chi connectivity index (χ0n) is 12.4. The summed E-state index contributed by atoms with van der Waals surface area (Å²) < 4.78 is 32.5. The van der Waals surface area contributed by atoms with Gasteiger partial charge in [-0.2, -0.15) is 0 Å². The molecule has 0 unspecified atom stereocenters. The van der Waals surface area contributed by atoms with Crippen molar-refractivity contribution >= 4 is 0 Å². The number of aryl methyl sites for hydroxylation is 1. The molecule has 0 amide bonds. The lowest BCUT2D eigenvalue weighted by Gasteiger charge is -2.19. The third kappa shape index (κ3) is 4.32. The van der Waals surface area contributed by atoms with Crippen LogP contribution in [-0.4, -0.2) is 22.3 Å². The first-order chi connectivity index (χ1) is 9.87. The number of nitrogens with one attached hydrogen (secondary N) is 1. The summed E-state index contributed by atoms with van der Waals surface area (Å²) in [5, 5.41) is 10.9. The van der Waals surface area contributed by atoms with Crippen molar-refractivity contribution < 1.29 is 13.2 Å². The van der Waals surface area contributed by atoms with E-state index in [1.54, 1.807) is 0 Å². The minimum Gasteiger partial charge on any atom is -0.420 e. The number of nitrogens with zero attached hydrogens (tertiary/aromatic N) is 2. The van der Waals surface area contributed by atoms with Crippen LogP contribution in [0.2, 0.25) is 0 Å². The van der Waals surface area contributed by atoms with Gasteiger partial charge in [-0.15, -0.1) is 10.2 Å². The van der Waals surface area contributed by atoms with E-state index in [1.165, 1.54) is 6.07 Å². The van der Waals surface area contributed by atoms with Gasteiger partial charge < -0.3 is 9.73 Å². The van der Waals surface area contributed by atoms with Gasteiger partial charge in [-0.1, -0.05) is 6.07 Å². The maximum Gasteiger partial charge on any atom is 0.253 e. The fourth-order valence-corrected chi connectivity index (χ4v) is 1.86. The molecule has 0 spiro atoms. The fraction of sp³-hybridized carbons (Fsp3) is 0.467. The van der Waals surface area contributed by atoms with E-state index in [-0.39, 0.29) is 17.0 Å². The monoisotopic (exact) mass is 295 g/mol. The predicted octanol–water partition coefficient (Wildman–Crippen LogP) is 3.34. The standard InChI is InChI=1S/C15H19F2N3O/c1-15(2,3)18-9-5-8-12-19-20-14(21-12)13-10(16)6-4-7-11(13)17/h4,6-7,18H,5,8-9H2,1-3H3. The van der Waals surface area contributed by atoms with Crippen LogP contribution in [0.3, 0.4) is 0 Å². The number of benzene rings is 1. The van der Waals surface area contributed by atoms with Crippen LogP contribution in [0.5, 0.6) is 0 Å². The zero-order valence-corrected chi connectivity index (χ0v) is 12.4. The minimum absolute atomic E-state index is 0.0519. The van der Waals surface area contributed by atoms with E-state index < -0.39 is 11.6 Å². The average molecular weight is 295 g/mol. The molecule has 4 nitrogen and oxygen atoms in total. The molecule has 0 aliphatic carbocycles. The maximum atomic E-state index is 13.6. The Morgan fingerprint density at radius 2 is 1.81 bits per heavy atom. The average Bonchev–Trinajstić information content (AvgIpc) is 2.82. The molecule has 114 valence electrons. The maximum absolute atomic E-state index is 13.6. The highest BCUT2D eigenvalue weighted by Gasteiger charge is 2.17. The van der Waals surface area contributed by atoms with Crippen molar-refractivity contribution in [2.24, 2.45) is 0 Å². The van der Waals surface area contributed by atoms with Gasteiger partial charge in [0.2, 0.25) is 5.89 Å². The zero-order chi connectivity index (χ0) is 15.5. The molecular formula is C15H19F2N3O. The van der Waals surface area contributed by atoms with Crippen LogP contribution in [0, 0.1) is 11.6 Å². The van der Waals surface area contributed by atoms with Crippen LogP contribution in [0.15, 0.2) is 22.6 Å². The predicted molar refractivity (Wildman–Crippen MR) is 75.7 cm³/mol. The molecule has 1 N–H and O–H groups in total. The molecular weight excluding hydrogens is 276 g/mol. The molecule has 0 fully saturated rings. The van der Waals surface area contributed by atoms with Crippen LogP contribution >= 0.6 is 0 Å². The summed E-state index contributed by atoms with van der Waals surface area (Å²) in [5.41, 5.74) is -0.222. The van der Waals surface area contributed by atoms with Crippen molar-refractivity contribution in [2.75, 3.05) is 6.54 Å². The SMILES string of the molecule is CC(C)(C)NCCCc1nnc(-c2c(F)cccc2F)o1. The Bertz CT molecular complexity index is 585. The van der Waals surface area contributed by atoms with Gasteiger partial charge in [0.15, 0.2) is 0 Å². The Morgan fingerprint density at radius 3 is 2.43 bits per heavy atom. The Hall–Kier alpha value is -1.82. The van der Waals surface area contributed by atoms with E-state index in [1.807, 2.05) is 0 Å². The van der Waals surface area contributed by atoms with Crippen molar-refractivity contribution in [1.29, 1.82) is 0 Å². The summed E-state index contributed by atoms with van der Waals surface area (Å²) in [4.78, 5) is 0. The summed E-state index contributed by atoms with van der Waals surface area (Å²) in [6, 6.07) is 3.62. The van der Waals surface area contributed by atoms with E-state index in [9.17, 15) is 8.78 Å². The Kier molecular flexibility index (Phi) is 4.67.